The number of rotatable bonds is 1. The van der Waals surface area contributed by atoms with E-state index >= 15 is 0 Å². The van der Waals surface area contributed by atoms with Gasteiger partial charge in [-0.05, 0) is 12.8 Å². The summed E-state index contributed by atoms with van der Waals surface area (Å²) in [7, 11) is 0. The number of H-pyrrole nitrogens is 1. The van der Waals surface area contributed by atoms with Crippen molar-refractivity contribution in [1.82, 2.24) is 25.3 Å². The van der Waals surface area contributed by atoms with E-state index in [2.05, 4.69) is 15.5 Å². The third-order valence-electron chi connectivity index (χ3n) is 6.11. The van der Waals surface area contributed by atoms with Gasteiger partial charge in [-0.15, -0.1) is 0 Å². The molecule has 0 unspecified atom stereocenters. The molecule has 1 aromatic heterocycles. The first-order valence-corrected chi connectivity index (χ1v) is 9.45. The normalized spacial score (nSPS) is 22.8. The van der Waals surface area contributed by atoms with Gasteiger partial charge in [0.25, 0.3) is 5.91 Å². The molecule has 3 aliphatic rings. The number of amides is 2. The molecular weight excluding hydrogens is 318 g/mol. The number of aromatic nitrogens is 2. The van der Waals surface area contributed by atoms with Crippen LogP contribution in [-0.4, -0.2) is 63.5 Å². The van der Waals surface area contributed by atoms with Crippen molar-refractivity contribution in [2.24, 2.45) is 0 Å². The van der Waals surface area contributed by atoms with Crippen LogP contribution in [0.3, 0.4) is 0 Å². The summed E-state index contributed by atoms with van der Waals surface area (Å²) in [6.45, 7) is 5.14. The molecule has 0 bridgehead atoms. The Balaban J connectivity index is 1.58. The lowest BCUT2D eigenvalue weighted by molar-refractivity contribution is -0.141. The lowest BCUT2D eigenvalue weighted by Gasteiger charge is -2.52. The predicted molar refractivity (Wildman–Crippen MR) is 93.1 cm³/mol. The van der Waals surface area contributed by atoms with Crippen molar-refractivity contribution >= 4 is 11.8 Å². The van der Waals surface area contributed by atoms with Crippen molar-refractivity contribution in [3.8, 4) is 0 Å². The van der Waals surface area contributed by atoms with Gasteiger partial charge in [-0.2, -0.15) is 5.10 Å². The van der Waals surface area contributed by atoms with Crippen LogP contribution < -0.4 is 5.32 Å². The third-order valence-corrected chi connectivity index (χ3v) is 6.11. The van der Waals surface area contributed by atoms with Crippen LogP contribution in [-0.2, 0) is 17.8 Å². The zero-order valence-electron chi connectivity index (χ0n) is 14.9. The van der Waals surface area contributed by atoms with Gasteiger partial charge < -0.3 is 15.1 Å². The molecule has 25 heavy (non-hydrogen) atoms. The molecule has 0 aromatic carbocycles. The average Bonchev–Trinajstić information content (AvgIpc) is 3.05. The minimum absolute atomic E-state index is 0.00866. The second-order valence-corrected chi connectivity index (χ2v) is 7.64. The number of fused-ring (bicyclic) bond motifs is 1. The van der Waals surface area contributed by atoms with E-state index in [1.165, 1.54) is 6.42 Å². The Hall–Kier alpha value is -1.89. The number of nitrogens with one attached hydrogen (secondary N) is 2. The van der Waals surface area contributed by atoms with Crippen molar-refractivity contribution in [2.75, 3.05) is 26.2 Å². The highest BCUT2D eigenvalue weighted by Gasteiger charge is 2.45. The van der Waals surface area contributed by atoms with Crippen molar-refractivity contribution in [3.05, 3.63) is 17.0 Å². The molecule has 0 radical (unpaired) electrons. The van der Waals surface area contributed by atoms with Gasteiger partial charge in [0.05, 0.1) is 5.54 Å². The van der Waals surface area contributed by atoms with Gasteiger partial charge >= 0.3 is 0 Å². The highest BCUT2D eigenvalue weighted by Crippen LogP contribution is 2.37. The summed E-state index contributed by atoms with van der Waals surface area (Å²) in [5.41, 5.74) is 2.48. The largest absolute Gasteiger partial charge is 0.334 e. The summed E-state index contributed by atoms with van der Waals surface area (Å²) in [6.07, 6.45) is 6.37. The Morgan fingerprint density at radius 1 is 1.16 bits per heavy atom. The number of hydrogen-bond acceptors (Lipinski definition) is 4. The molecule has 4 rings (SSSR count). The SMILES string of the molecule is CC(=O)N1CCN(C(=O)c2n[nH]c3c2CNCC3)CC12CCCCC2. The molecule has 1 saturated heterocycles. The molecule has 2 aliphatic heterocycles. The average molecular weight is 345 g/mol. The Labute approximate surface area is 148 Å². The maximum atomic E-state index is 13.1. The molecule has 136 valence electrons. The zero-order chi connectivity index (χ0) is 17.4. The van der Waals surface area contributed by atoms with Gasteiger partial charge in [0.1, 0.15) is 0 Å². The topological polar surface area (TPSA) is 81.3 Å². The molecule has 2 N–H and O–H groups in total. The van der Waals surface area contributed by atoms with E-state index in [0.29, 0.717) is 31.9 Å². The fraction of sp³-hybridized carbons (Fsp3) is 0.722. The molecule has 2 fully saturated rings. The van der Waals surface area contributed by atoms with Gasteiger partial charge in [0, 0.05) is 57.3 Å². The van der Waals surface area contributed by atoms with Gasteiger partial charge in [-0.25, -0.2) is 0 Å². The Bertz CT molecular complexity index is 677. The first kappa shape index (κ1) is 16.6. The second kappa shape index (κ2) is 6.44. The first-order valence-electron chi connectivity index (χ1n) is 9.45. The van der Waals surface area contributed by atoms with Gasteiger partial charge in [0.2, 0.25) is 5.91 Å². The maximum Gasteiger partial charge on any atom is 0.274 e. The van der Waals surface area contributed by atoms with Crippen LogP contribution in [0.25, 0.3) is 0 Å². The molecule has 0 atom stereocenters. The summed E-state index contributed by atoms with van der Waals surface area (Å²) in [5.74, 6) is 0.143. The molecule has 2 amide bonds. The van der Waals surface area contributed by atoms with Crippen molar-refractivity contribution in [2.45, 2.75) is 57.5 Å². The van der Waals surface area contributed by atoms with Crippen LogP contribution in [0.5, 0.6) is 0 Å². The minimum atomic E-state index is -0.174. The predicted octanol–water partition coefficient (Wildman–Crippen LogP) is 1.06. The Morgan fingerprint density at radius 3 is 2.72 bits per heavy atom. The van der Waals surface area contributed by atoms with Crippen LogP contribution >= 0.6 is 0 Å². The number of aromatic amines is 1. The first-order chi connectivity index (χ1) is 12.1. The molecule has 1 saturated carbocycles. The van der Waals surface area contributed by atoms with E-state index < -0.39 is 0 Å². The molecule has 7 heteroatoms. The fourth-order valence-corrected chi connectivity index (χ4v) is 4.83. The van der Waals surface area contributed by atoms with Crippen LogP contribution in [0.1, 0.15) is 60.8 Å². The molecule has 7 nitrogen and oxygen atoms in total. The van der Waals surface area contributed by atoms with Crippen LogP contribution in [0, 0.1) is 0 Å². The van der Waals surface area contributed by atoms with Crippen LogP contribution in [0.4, 0.5) is 0 Å². The van der Waals surface area contributed by atoms with Crippen LogP contribution in [0.2, 0.25) is 0 Å². The highest BCUT2D eigenvalue weighted by molar-refractivity contribution is 5.94. The standard InChI is InChI=1S/C18H27N5O2/c1-13(24)23-10-9-22(12-18(23)6-3-2-4-7-18)17(25)16-14-11-19-8-5-15(14)20-21-16/h19H,2-12H2,1H3,(H,20,21). The van der Waals surface area contributed by atoms with Gasteiger partial charge in [0.15, 0.2) is 5.69 Å². The molecular formula is C18H27N5O2. The quantitative estimate of drug-likeness (QED) is 0.798. The summed E-state index contributed by atoms with van der Waals surface area (Å²) < 4.78 is 0. The minimum Gasteiger partial charge on any atom is -0.334 e. The maximum absolute atomic E-state index is 13.1. The number of carbonyl (C=O) groups excluding carboxylic acids is 2. The highest BCUT2D eigenvalue weighted by atomic mass is 16.2. The fourth-order valence-electron chi connectivity index (χ4n) is 4.83. The van der Waals surface area contributed by atoms with E-state index in [0.717, 1.165) is 49.9 Å². The summed E-state index contributed by atoms with van der Waals surface area (Å²) >= 11 is 0. The lowest BCUT2D eigenvalue weighted by atomic mass is 9.78. The number of hydrogen-bond donors (Lipinski definition) is 2. The van der Waals surface area contributed by atoms with E-state index in [-0.39, 0.29) is 17.4 Å². The summed E-state index contributed by atoms with van der Waals surface area (Å²) in [6, 6.07) is 0. The zero-order valence-corrected chi connectivity index (χ0v) is 14.9. The number of piperazine rings is 1. The summed E-state index contributed by atoms with van der Waals surface area (Å²) in [4.78, 5) is 29.3. The van der Waals surface area contributed by atoms with E-state index in [1.54, 1.807) is 6.92 Å². The smallest absolute Gasteiger partial charge is 0.274 e. The second-order valence-electron chi connectivity index (χ2n) is 7.64. The third kappa shape index (κ3) is 2.84. The number of carbonyl (C=O) groups is 2. The van der Waals surface area contributed by atoms with E-state index in [1.807, 2.05) is 9.80 Å². The number of nitrogens with zero attached hydrogens (tertiary/aromatic N) is 3. The lowest BCUT2D eigenvalue weighted by Crippen LogP contribution is -2.65. The summed E-state index contributed by atoms with van der Waals surface area (Å²) in [5, 5.41) is 10.7. The van der Waals surface area contributed by atoms with Crippen molar-refractivity contribution in [1.29, 1.82) is 0 Å². The van der Waals surface area contributed by atoms with Crippen molar-refractivity contribution < 1.29 is 9.59 Å². The Morgan fingerprint density at radius 2 is 1.96 bits per heavy atom. The molecule has 1 aromatic rings. The Kier molecular flexibility index (Phi) is 4.27. The monoisotopic (exact) mass is 345 g/mol. The van der Waals surface area contributed by atoms with Crippen molar-refractivity contribution in [3.63, 3.8) is 0 Å². The molecule has 3 heterocycles. The molecule has 1 spiro atoms. The van der Waals surface area contributed by atoms with Gasteiger partial charge in [-0.1, -0.05) is 19.3 Å². The van der Waals surface area contributed by atoms with Crippen LogP contribution in [0.15, 0.2) is 0 Å². The van der Waals surface area contributed by atoms with Gasteiger partial charge in [-0.3, -0.25) is 14.7 Å². The van der Waals surface area contributed by atoms with E-state index in [4.69, 9.17) is 0 Å². The molecule has 1 aliphatic carbocycles. The van der Waals surface area contributed by atoms with E-state index in [9.17, 15) is 9.59 Å².